The third kappa shape index (κ3) is 3.47. The van der Waals surface area contributed by atoms with Gasteiger partial charge in [0.15, 0.2) is 0 Å². The molecule has 2 aromatic rings. The molecule has 1 aromatic heterocycles. The minimum Gasteiger partial charge on any atom is -0.346 e. The molecule has 1 heterocycles. The highest BCUT2D eigenvalue weighted by Gasteiger charge is 2.17. The smallest absolute Gasteiger partial charge is 0.261 e. The zero-order valence-electron chi connectivity index (χ0n) is 13.2. The van der Waals surface area contributed by atoms with Crippen molar-refractivity contribution in [2.75, 3.05) is 0 Å². The summed E-state index contributed by atoms with van der Waals surface area (Å²) in [6.45, 7) is 5.78. The lowest BCUT2D eigenvalue weighted by atomic mass is 10.1. The van der Waals surface area contributed by atoms with Gasteiger partial charge in [-0.15, -0.1) is 0 Å². The van der Waals surface area contributed by atoms with Crippen LogP contribution in [0.5, 0.6) is 0 Å². The molecule has 1 amide bonds. The van der Waals surface area contributed by atoms with E-state index in [-0.39, 0.29) is 23.4 Å². The Balaban J connectivity index is 2.40. The van der Waals surface area contributed by atoms with Gasteiger partial charge in [-0.3, -0.25) is 14.2 Å². The lowest BCUT2D eigenvalue weighted by Gasteiger charge is -2.17. The number of aromatic nitrogens is 2. The minimum absolute atomic E-state index is 0.0528. The first kappa shape index (κ1) is 16.5. The van der Waals surface area contributed by atoms with E-state index in [1.807, 2.05) is 20.8 Å². The van der Waals surface area contributed by atoms with Gasteiger partial charge in [-0.05, 0) is 31.0 Å². The van der Waals surface area contributed by atoms with Crippen LogP contribution in [0, 0.1) is 5.92 Å². The van der Waals surface area contributed by atoms with Crippen molar-refractivity contribution in [2.24, 2.45) is 13.0 Å². The van der Waals surface area contributed by atoms with Crippen molar-refractivity contribution < 1.29 is 4.79 Å². The molecule has 5 nitrogen and oxygen atoms in total. The van der Waals surface area contributed by atoms with Crippen molar-refractivity contribution in [2.45, 2.75) is 33.2 Å². The van der Waals surface area contributed by atoms with Crippen LogP contribution in [-0.2, 0) is 11.8 Å². The first-order valence-corrected chi connectivity index (χ1v) is 7.63. The highest BCUT2D eigenvalue weighted by Crippen LogP contribution is 2.17. The summed E-state index contributed by atoms with van der Waals surface area (Å²) >= 11 is 5.97. The fraction of sp³-hybridized carbons (Fsp3) is 0.438. The number of halogens is 1. The first-order valence-electron chi connectivity index (χ1n) is 7.25. The lowest BCUT2D eigenvalue weighted by molar-refractivity contribution is -0.122. The Kier molecular flexibility index (Phi) is 4.86. The molecular formula is C16H20ClN3O2. The van der Waals surface area contributed by atoms with E-state index in [9.17, 15) is 9.59 Å². The van der Waals surface area contributed by atoms with Crippen molar-refractivity contribution in [1.29, 1.82) is 0 Å². The highest BCUT2D eigenvalue weighted by molar-refractivity contribution is 6.31. The number of hydrogen-bond acceptors (Lipinski definition) is 3. The van der Waals surface area contributed by atoms with Crippen molar-refractivity contribution in [3.05, 3.63) is 39.4 Å². The Morgan fingerprint density at radius 1 is 1.36 bits per heavy atom. The van der Waals surface area contributed by atoms with Crippen molar-refractivity contribution >= 4 is 28.4 Å². The molecule has 0 radical (unpaired) electrons. The molecule has 6 heteroatoms. The van der Waals surface area contributed by atoms with E-state index in [0.29, 0.717) is 28.2 Å². The van der Waals surface area contributed by atoms with Gasteiger partial charge in [-0.25, -0.2) is 4.98 Å². The van der Waals surface area contributed by atoms with E-state index >= 15 is 0 Å². The second-order valence-electron chi connectivity index (χ2n) is 5.88. The number of rotatable bonds is 4. The standard InChI is InChI=1S/C16H20ClN3O2/c1-9(2)7-14(21)18-10(3)15-19-13-8-11(17)5-6-12(13)16(22)20(15)4/h5-6,8-10H,7H2,1-4H3,(H,18,21)/t10-/m1/s1. The summed E-state index contributed by atoms with van der Waals surface area (Å²) in [6.07, 6.45) is 0.442. The summed E-state index contributed by atoms with van der Waals surface area (Å²) in [5, 5.41) is 3.92. The summed E-state index contributed by atoms with van der Waals surface area (Å²) in [7, 11) is 1.66. The molecule has 1 aromatic carbocycles. The number of amides is 1. The van der Waals surface area contributed by atoms with Crippen LogP contribution in [-0.4, -0.2) is 15.5 Å². The van der Waals surface area contributed by atoms with E-state index in [0.717, 1.165) is 0 Å². The second kappa shape index (κ2) is 6.48. The van der Waals surface area contributed by atoms with Crippen molar-refractivity contribution in [3.63, 3.8) is 0 Å². The van der Waals surface area contributed by atoms with Crippen LogP contribution in [0.25, 0.3) is 10.9 Å². The molecule has 0 bridgehead atoms. The van der Waals surface area contributed by atoms with Crippen LogP contribution in [0.1, 0.15) is 39.1 Å². The van der Waals surface area contributed by atoms with Gasteiger partial charge in [0.05, 0.1) is 16.9 Å². The van der Waals surface area contributed by atoms with Gasteiger partial charge in [-0.1, -0.05) is 25.4 Å². The molecule has 0 aliphatic carbocycles. The maximum Gasteiger partial charge on any atom is 0.261 e. The molecule has 1 atom stereocenters. The monoisotopic (exact) mass is 321 g/mol. The minimum atomic E-state index is -0.354. The molecule has 0 fully saturated rings. The molecule has 0 aliphatic rings. The Bertz CT molecular complexity index is 768. The number of fused-ring (bicyclic) bond motifs is 1. The van der Waals surface area contributed by atoms with Gasteiger partial charge in [0, 0.05) is 18.5 Å². The zero-order chi connectivity index (χ0) is 16.4. The van der Waals surface area contributed by atoms with Crippen LogP contribution >= 0.6 is 11.6 Å². The molecule has 22 heavy (non-hydrogen) atoms. The van der Waals surface area contributed by atoms with Gasteiger partial charge < -0.3 is 5.32 Å². The van der Waals surface area contributed by atoms with E-state index in [2.05, 4.69) is 10.3 Å². The lowest BCUT2D eigenvalue weighted by Crippen LogP contribution is -2.33. The fourth-order valence-electron chi connectivity index (χ4n) is 2.38. The summed E-state index contributed by atoms with van der Waals surface area (Å²) in [5.41, 5.74) is 0.386. The number of nitrogens with zero attached hydrogens (tertiary/aromatic N) is 2. The first-order chi connectivity index (χ1) is 10.3. The normalized spacial score (nSPS) is 12.6. The average Bonchev–Trinajstić information content (AvgIpc) is 2.41. The topological polar surface area (TPSA) is 64.0 Å². The van der Waals surface area contributed by atoms with Gasteiger partial charge in [0.25, 0.3) is 5.56 Å². The Morgan fingerprint density at radius 3 is 2.68 bits per heavy atom. The summed E-state index contributed by atoms with van der Waals surface area (Å²) in [4.78, 5) is 28.8. The van der Waals surface area contributed by atoms with Gasteiger partial charge in [0.1, 0.15) is 5.82 Å². The summed E-state index contributed by atoms with van der Waals surface area (Å²) in [6, 6.07) is 4.64. The van der Waals surface area contributed by atoms with Crippen molar-refractivity contribution in [1.82, 2.24) is 14.9 Å². The molecular weight excluding hydrogens is 302 g/mol. The van der Waals surface area contributed by atoms with Crippen LogP contribution in [0.15, 0.2) is 23.0 Å². The number of benzene rings is 1. The molecule has 0 saturated heterocycles. The SMILES string of the molecule is CC(C)CC(=O)N[C@H](C)c1nc2cc(Cl)ccc2c(=O)n1C. The second-order valence-corrected chi connectivity index (χ2v) is 6.32. The number of nitrogens with one attached hydrogen (secondary N) is 1. The van der Waals surface area contributed by atoms with Crippen molar-refractivity contribution in [3.8, 4) is 0 Å². The number of carbonyl (C=O) groups is 1. The molecule has 0 unspecified atom stereocenters. The molecule has 1 N–H and O–H groups in total. The number of carbonyl (C=O) groups excluding carboxylic acids is 1. The predicted molar refractivity (Wildman–Crippen MR) is 88.0 cm³/mol. The summed E-state index contributed by atoms with van der Waals surface area (Å²) in [5.74, 6) is 0.735. The van der Waals surface area contributed by atoms with Crippen LogP contribution in [0.3, 0.4) is 0 Å². The third-order valence-electron chi connectivity index (χ3n) is 3.43. The quantitative estimate of drug-likeness (QED) is 0.941. The van der Waals surface area contributed by atoms with Gasteiger partial charge in [0.2, 0.25) is 5.91 Å². The molecule has 2 rings (SSSR count). The molecule has 0 spiro atoms. The number of hydrogen-bond donors (Lipinski definition) is 1. The van der Waals surface area contributed by atoms with Crippen LogP contribution in [0.4, 0.5) is 0 Å². The predicted octanol–water partition coefficient (Wildman–Crippen LogP) is 2.81. The van der Waals surface area contributed by atoms with E-state index < -0.39 is 0 Å². The third-order valence-corrected chi connectivity index (χ3v) is 3.67. The van der Waals surface area contributed by atoms with Crippen LogP contribution < -0.4 is 10.9 Å². The Hall–Kier alpha value is -1.88. The van der Waals surface area contributed by atoms with E-state index in [4.69, 9.17) is 11.6 Å². The Labute approximate surface area is 134 Å². The van der Waals surface area contributed by atoms with E-state index in [1.165, 1.54) is 4.57 Å². The summed E-state index contributed by atoms with van der Waals surface area (Å²) < 4.78 is 1.47. The maximum absolute atomic E-state index is 12.4. The fourth-order valence-corrected chi connectivity index (χ4v) is 2.55. The van der Waals surface area contributed by atoms with Gasteiger partial charge in [-0.2, -0.15) is 0 Å². The molecule has 118 valence electrons. The molecule has 0 saturated carbocycles. The highest BCUT2D eigenvalue weighted by atomic mass is 35.5. The zero-order valence-corrected chi connectivity index (χ0v) is 13.9. The largest absolute Gasteiger partial charge is 0.346 e. The Morgan fingerprint density at radius 2 is 2.05 bits per heavy atom. The molecule has 0 aliphatic heterocycles. The van der Waals surface area contributed by atoms with E-state index in [1.54, 1.807) is 25.2 Å². The average molecular weight is 322 g/mol. The van der Waals surface area contributed by atoms with Gasteiger partial charge >= 0.3 is 0 Å². The maximum atomic E-state index is 12.4. The van der Waals surface area contributed by atoms with Crippen LogP contribution in [0.2, 0.25) is 5.02 Å².